The molecule has 1 aliphatic rings. The Morgan fingerprint density at radius 2 is 1.57 bits per heavy atom. The summed E-state index contributed by atoms with van der Waals surface area (Å²) >= 11 is 0. The van der Waals surface area contributed by atoms with Crippen molar-refractivity contribution in [3.8, 4) is 0 Å². The van der Waals surface area contributed by atoms with Crippen molar-refractivity contribution in [2.24, 2.45) is 0 Å². The van der Waals surface area contributed by atoms with Gasteiger partial charge in [0.25, 0.3) is 0 Å². The molecule has 1 saturated heterocycles. The van der Waals surface area contributed by atoms with Crippen molar-refractivity contribution in [2.75, 3.05) is 6.61 Å². The van der Waals surface area contributed by atoms with Gasteiger partial charge in [0.15, 0.2) is 0 Å². The third kappa shape index (κ3) is 12.0. The van der Waals surface area contributed by atoms with Gasteiger partial charge in [-0.2, -0.15) is 0 Å². The summed E-state index contributed by atoms with van der Waals surface area (Å²) in [5, 5.41) is 0. The first-order chi connectivity index (χ1) is 10.4. The molecule has 0 bridgehead atoms. The zero-order chi connectivity index (χ0) is 15.0. The van der Waals surface area contributed by atoms with Gasteiger partial charge in [-0.25, -0.2) is 0 Å². The first-order valence-electron chi connectivity index (χ1n) is 9.60. The largest absolute Gasteiger partial charge is 0.378 e. The Morgan fingerprint density at radius 1 is 0.905 bits per heavy atom. The summed E-state index contributed by atoms with van der Waals surface area (Å²) in [5.41, 5.74) is 0. The highest BCUT2D eigenvalue weighted by atomic mass is 16.5. The van der Waals surface area contributed by atoms with E-state index >= 15 is 0 Å². The molecular formula is C20H37O. The molecule has 0 aromatic carbocycles. The minimum Gasteiger partial charge on any atom is -0.378 e. The summed E-state index contributed by atoms with van der Waals surface area (Å²) in [5.74, 6) is 0. The highest BCUT2D eigenvalue weighted by Crippen LogP contribution is 2.18. The second-order valence-electron chi connectivity index (χ2n) is 6.55. The topological polar surface area (TPSA) is 9.23 Å². The van der Waals surface area contributed by atoms with Crippen molar-refractivity contribution in [3.63, 3.8) is 0 Å². The first-order valence-corrected chi connectivity index (χ1v) is 9.60. The molecule has 0 amide bonds. The van der Waals surface area contributed by atoms with Crippen LogP contribution < -0.4 is 0 Å². The molecule has 1 radical (unpaired) electrons. The lowest BCUT2D eigenvalue weighted by Crippen LogP contribution is -2.26. The van der Waals surface area contributed by atoms with Crippen LogP contribution in [0.1, 0.15) is 103 Å². The minimum atomic E-state index is 0.615. The summed E-state index contributed by atoms with van der Waals surface area (Å²) < 4.78 is 5.44. The molecule has 1 rings (SSSR count). The van der Waals surface area contributed by atoms with E-state index in [1.165, 1.54) is 96.3 Å². The molecule has 1 aliphatic heterocycles. The van der Waals surface area contributed by atoms with Gasteiger partial charge in [0, 0.05) is 6.61 Å². The predicted octanol–water partition coefficient (Wildman–Crippen LogP) is 6.62. The zero-order valence-corrected chi connectivity index (χ0v) is 14.4. The van der Waals surface area contributed by atoms with Gasteiger partial charge in [0.05, 0.1) is 6.10 Å². The van der Waals surface area contributed by atoms with E-state index in [9.17, 15) is 0 Å². The maximum Gasteiger partial charge on any atom is 0.0597 e. The maximum absolute atomic E-state index is 5.44. The lowest BCUT2D eigenvalue weighted by atomic mass is 10.0. The smallest absolute Gasteiger partial charge is 0.0597 e. The van der Waals surface area contributed by atoms with Crippen LogP contribution in [0, 0.1) is 6.08 Å². The second kappa shape index (κ2) is 14.6. The van der Waals surface area contributed by atoms with Crippen LogP contribution in [-0.2, 0) is 4.74 Å². The molecule has 1 heterocycles. The van der Waals surface area contributed by atoms with Crippen LogP contribution in [0.25, 0.3) is 0 Å². The summed E-state index contributed by atoms with van der Waals surface area (Å²) in [6, 6.07) is 0. The molecule has 0 N–H and O–H groups in total. The first kappa shape index (κ1) is 18.7. The van der Waals surface area contributed by atoms with Crippen LogP contribution in [0.2, 0.25) is 0 Å². The molecule has 1 atom stereocenters. The maximum atomic E-state index is 5.44. The fourth-order valence-electron chi connectivity index (χ4n) is 2.87. The summed E-state index contributed by atoms with van der Waals surface area (Å²) in [6.07, 6.45) is 26.6. The van der Waals surface area contributed by atoms with Gasteiger partial charge in [-0.1, -0.05) is 70.8 Å². The van der Waals surface area contributed by atoms with Gasteiger partial charge < -0.3 is 4.74 Å². The van der Waals surface area contributed by atoms with E-state index in [1.54, 1.807) is 0 Å². The molecule has 123 valence electrons. The second-order valence-corrected chi connectivity index (χ2v) is 6.55. The van der Waals surface area contributed by atoms with Crippen molar-refractivity contribution in [2.45, 2.75) is 109 Å². The molecule has 1 nitrogen and oxygen atoms in total. The van der Waals surface area contributed by atoms with Crippen LogP contribution >= 0.6 is 0 Å². The SMILES string of the molecule is CCCCCCCC/[C]=C/CCCCCCCC1CCO1. The van der Waals surface area contributed by atoms with Crippen LogP contribution in [0.3, 0.4) is 0 Å². The van der Waals surface area contributed by atoms with Gasteiger partial charge in [-0.3, -0.25) is 0 Å². The monoisotopic (exact) mass is 293 g/mol. The van der Waals surface area contributed by atoms with Gasteiger partial charge in [0.1, 0.15) is 0 Å². The molecule has 0 saturated carbocycles. The van der Waals surface area contributed by atoms with Gasteiger partial charge >= 0.3 is 0 Å². The number of hydrogen-bond acceptors (Lipinski definition) is 1. The number of rotatable bonds is 15. The zero-order valence-electron chi connectivity index (χ0n) is 14.4. The Morgan fingerprint density at radius 3 is 2.29 bits per heavy atom. The lowest BCUT2D eigenvalue weighted by molar-refractivity contribution is -0.0555. The third-order valence-corrected chi connectivity index (χ3v) is 4.49. The highest BCUT2D eigenvalue weighted by molar-refractivity contribution is 4.73. The van der Waals surface area contributed by atoms with Crippen LogP contribution in [0.4, 0.5) is 0 Å². The van der Waals surface area contributed by atoms with Crippen molar-refractivity contribution in [1.82, 2.24) is 0 Å². The van der Waals surface area contributed by atoms with E-state index in [1.807, 2.05) is 0 Å². The molecule has 0 aromatic heterocycles. The standard InChI is InChI=1S/C20H37O/c1-2-3-4-5-6-7-8-9-10-11-12-13-14-15-16-17-20-18-19-21-20/h10,20H,2-8,11-19H2,1H3. The van der Waals surface area contributed by atoms with E-state index in [0.29, 0.717) is 6.10 Å². The molecule has 21 heavy (non-hydrogen) atoms. The quantitative estimate of drug-likeness (QED) is 0.308. The summed E-state index contributed by atoms with van der Waals surface area (Å²) in [7, 11) is 0. The number of allylic oxidation sites excluding steroid dienone is 2. The van der Waals surface area contributed by atoms with E-state index in [0.717, 1.165) is 6.61 Å². The third-order valence-electron chi connectivity index (χ3n) is 4.49. The van der Waals surface area contributed by atoms with E-state index in [4.69, 9.17) is 4.74 Å². The Balaban J connectivity index is 1.68. The van der Waals surface area contributed by atoms with E-state index in [-0.39, 0.29) is 0 Å². The number of unbranched alkanes of at least 4 members (excludes halogenated alkanes) is 11. The van der Waals surface area contributed by atoms with Crippen LogP contribution in [0.15, 0.2) is 6.08 Å². The molecule has 0 aliphatic carbocycles. The predicted molar refractivity (Wildman–Crippen MR) is 92.5 cm³/mol. The Hall–Kier alpha value is -0.300. The van der Waals surface area contributed by atoms with E-state index < -0.39 is 0 Å². The summed E-state index contributed by atoms with van der Waals surface area (Å²) in [6.45, 7) is 3.28. The van der Waals surface area contributed by atoms with Crippen molar-refractivity contribution < 1.29 is 4.74 Å². The van der Waals surface area contributed by atoms with Crippen molar-refractivity contribution in [1.29, 1.82) is 0 Å². The molecular weight excluding hydrogens is 256 g/mol. The normalized spacial score (nSPS) is 18.2. The lowest BCUT2D eigenvalue weighted by Gasteiger charge is -2.26. The average Bonchev–Trinajstić information content (AvgIpc) is 2.45. The molecule has 1 fully saturated rings. The fraction of sp³-hybridized carbons (Fsp3) is 0.900. The molecule has 0 spiro atoms. The number of hydrogen-bond donors (Lipinski definition) is 0. The van der Waals surface area contributed by atoms with Gasteiger partial charge in [-0.15, -0.1) is 0 Å². The van der Waals surface area contributed by atoms with Gasteiger partial charge in [0.2, 0.25) is 0 Å². The number of ether oxygens (including phenoxy) is 1. The van der Waals surface area contributed by atoms with Crippen molar-refractivity contribution >= 4 is 0 Å². The molecule has 1 heteroatoms. The van der Waals surface area contributed by atoms with Crippen molar-refractivity contribution in [3.05, 3.63) is 12.2 Å². The Kier molecular flexibility index (Phi) is 13.1. The fourth-order valence-corrected chi connectivity index (χ4v) is 2.87. The Bertz CT molecular complexity index is 230. The minimum absolute atomic E-state index is 0.615. The Labute approximate surface area is 133 Å². The molecule has 0 aromatic rings. The highest BCUT2D eigenvalue weighted by Gasteiger charge is 2.16. The van der Waals surface area contributed by atoms with Crippen LogP contribution in [-0.4, -0.2) is 12.7 Å². The van der Waals surface area contributed by atoms with E-state index in [2.05, 4.69) is 19.1 Å². The van der Waals surface area contributed by atoms with Gasteiger partial charge in [-0.05, 0) is 44.6 Å². The van der Waals surface area contributed by atoms with Crippen LogP contribution in [0.5, 0.6) is 0 Å². The molecule has 1 unspecified atom stereocenters. The summed E-state index contributed by atoms with van der Waals surface area (Å²) in [4.78, 5) is 0. The average molecular weight is 294 g/mol.